The monoisotopic (exact) mass is 816 g/mol. The van der Waals surface area contributed by atoms with Crippen LogP contribution in [0.25, 0.3) is 12.2 Å². The molecule has 2 aromatic carbocycles. The Bertz CT molecular complexity index is 1670. The van der Waals surface area contributed by atoms with Crippen molar-refractivity contribution in [2.24, 2.45) is 0 Å². The zero-order valence-electron chi connectivity index (χ0n) is 34.1. The van der Waals surface area contributed by atoms with Crippen LogP contribution in [0.15, 0.2) is 59.7 Å². The molecule has 0 bridgehead atoms. The quantitative estimate of drug-likeness (QED) is 0.0397. The van der Waals surface area contributed by atoms with Gasteiger partial charge in [-0.25, -0.2) is 9.59 Å². The highest BCUT2D eigenvalue weighted by atomic mass is 16.6. The second-order valence-electron chi connectivity index (χ2n) is 12.9. The maximum atomic E-state index is 12.6. The van der Waals surface area contributed by atoms with E-state index in [0.29, 0.717) is 50.1 Å². The minimum atomic E-state index is -0.736. The third-order valence-corrected chi connectivity index (χ3v) is 8.24. The smallest absolute Gasteiger partial charge is 0.348 e. The van der Waals surface area contributed by atoms with Crippen LogP contribution >= 0.6 is 0 Å². The molecule has 0 saturated heterocycles. The van der Waals surface area contributed by atoms with Crippen molar-refractivity contribution >= 4 is 59.3 Å². The van der Waals surface area contributed by atoms with Crippen LogP contribution in [0.2, 0.25) is 0 Å². The molecule has 0 aliphatic heterocycles. The molecule has 0 saturated carbocycles. The number of unbranched alkanes of at least 4 members (excludes halogenated alkanes) is 4. The van der Waals surface area contributed by atoms with Gasteiger partial charge in [-0.05, 0) is 60.4 Å². The summed E-state index contributed by atoms with van der Waals surface area (Å²) in [5.41, 5.74) is 2.41. The number of carbonyl (C=O) groups excluding carboxylic acids is 6. The summed E-state index contributed by atoms with van der Waals surface area (Å²) in [6.07, 6.45) is 6.28. The Morgan fingerprint density at radius 1 is 0.458 bits per heavy atom. The van der Waals surface area contributed by atoms with Crippen LogP contribution in [-0.4, -0.2) is 102 Å². The van der Waals surface area contributed by atoms with Crippen molar-refractivity contribution < 1.29 is 57.2 Å². The van der Waals surface area contributed by atoms with Gasteiger partial charge in [0.25, 0.3) is 0 Å². The molecule has 59 heavy (non-hydrogen) atoms. The van der Waals surface area contributed by atoms with E-state index >= 15 is 0 Å². The van der Waals surface area contributed by atoms with Gasteiger partial charge in [0.1, 0.15) is 49.7 Å². The Morgan fingerprint density at radius 3 is 1.02 bits per heavy atom. The van der Waals surface area contributed by atoms with E-state index in [2.05, 4.69) is 0 Å². The maximum Gasteiger partial charge on any atom is 0.348 e. The highest BCUT2D eigenvalue weighted by Gasteiger charge is 2.14. The summed E-state index contributed by atoms with van der Waals surface area (Å²) in [6.45, 7) is 7.57. The molecule has 16 nitrogen and oxygen atoms in total. The number of anilines is 2. The first kappa shape index (κ1) is 48.5. The molecule has 0 unspecified atom stereocenters. The standard InChI is InChI=1S/C43H52N4O12/c1-32(48)54-24-18-46(19-25-55-33(2)49)40-14-10-36(11-15-40)28-38(30-44)42(52)58-22-8-6-5-7-9-23-59-43(53)39(31-45)29-37-12-16-41(17-13-37)47(20-26-56-34(3)50)21-27-57-35(4)51/h10-17,28-29H,5-9,18-27H2,1-4H3/b38-28+,39-29+. The molecule has 0 fully saturated rings. The first-order valence-corrected chi connectivity index (χ1v) is 19.1. The fourth-order valence-corrected chi connectivity index (χ4v) is 5.33. The van der Waals surface area contributed by atoms with Crippen molar-refractivity contribution in [3.8, 4) is 12.1 Å². The van der Waals surface area contributed by atoms with Crippen molar-refractivity contribution in [1.29, 1.82) is 10.5 Å². The number of carbonyl (C=O) groups is 6. The molecule has 0 radical (unpaired) electrons. The Labute approximate surface area is 344 Å². The number of hydrogen-bond acceptors (Lipinski definition) is 16. The number of nitriles is 2. The minimum absolute atomic E-state index is 0.128. The van der Waals surface area contributed by atoms with Gasteiger partial charge < -0.3 is 38.2 Å². The van der Waals surface area contributed by atoms with Crippen LogP contribution in [0.5, 0.6) is 0 Å². The lowest BCUT2D eigenvalue weighted by Crippen LogP contribution is -2.31. The second kappa shape index (κ2) is 27.8. The number of nitrogens with zero attached hydrogens (tertiary/aromatic N) is 4. The Kier molecular flexibility index (Phi) is 22.9. The molecule has 2 rings (SSSR count). The molecule has 0 amide bonds. The van der Waals surface area contributed by atoms with Crippen LogP contribution in [0.4, 0.5) is 11.4 Å². The minimum Gasteiger partial charge on any atom is -0.464 e. The van der Waals surface area contributed by atoms with Gasteiger partial charge in [-0.15, -0.1) is 0 Å². The first-order chi connectivity index (χ1) is 28.3. The van der Waals surface area contributed by atoms with Gasteiger partial charge in [-0.2, -0.15) is 10.5 Å². The van der Waals surface area contributed by atoms with Gasteiger partial charge in [0.05, 0.1) is 39.4 Å². The van der Waals surface area contributed by atoms with E-state index in [9.17, 15) is 39.3 Å². The molecule has 2 aromatic rings. The van der Waals surface area contributed by atoms with Crippen LogP contribution in [0, 0.1) is 22.7 Å². The van der Waals surface area contributed by atoms with Crippen LogP contribution in [0.3, 0.4) is 0 Å². The fourth-order valence-electron chi connectivity index (χ4n) is 5.33. The predicted octanol–water partition coefficient (Wildman–Crippen LogP) is 5.10. The summed E-state index contributed by atoms with van der Waals surface area (Å²) in [4.78, 5) is 73.6. The number of hydrogen-bond donors (Lipinski definition) is 0. The molecule has 16 heteroatoms. The predicted molar refractivity (Wildman–Crippen MR) is 216 cm³/mol. The lowest BCUT2D eigenvalue weighted by molar-refractivity contribution is -0.142. The summed E-state index contributed by atoms with van der Waals surface area (Å²) in [5, 5.41) is 19.2. The summed E-state index contributed by atoms with van der Waals surface area (Å²) in [7, 11) is 0. The molecule has 0 spiro atoms. The van der Waals surface area contributed by atoms with Crippen LogP contribution in [0.1, 0.15) is 70.9 Å². The zero-order valence-corrected chi connectivity index (χ0v) is 34.1. The van der Waals surface area contributed by atoms with E-state index < -0.39 is 35.8 Å². The molecular formula is C43H52N4O12. The molecule has 0 aliphatic carbocycles. The lowest BCUT2D eigenvalue weighted by Gasteiger charge is -2.24. The summed E-state index contributed by atoms with van der Waals surface area (Å²) < 4.78 is 30.8. The molecule has 0 aromatic heterocycles. The largest absolute Gasteiger partial charge is 0.464 e. The van der Waals surface area contributed by atoms with Crippen molar-refractivity contribution in [1.82, 2.24) is 0 Å². The highest BCUT2D eigenvalue weighted by Crippen LogP contribution is 2.19. The number of ether oxygens (including phenoxy) is 6. The topological polar surface area (TPSA) is 212 Å². The van der Waals surface area contributed by atoms with Gasteiger partial charge in [-0.1, -0.05) is 43.5 Å². The number of esters is 6. The summed E-state index contributed by atoms with van der Waals surface area (Å²) >= 11 is 0. The van der Waals surface area contributed by atoms with E-state index in [0.717, 1.165) is 30.6 Å². The zero-order chi connectivity index (χ0) is 43.4. The maximum absolute atomic E-state index is 12.6. The van der Waals surface area contributed by atoms with E-state index in [4.69, 9.17) is 28.4 Å². The van der Waals surface area contributed by atoms with E-state index in [-0.39, 0.29) is 50.8 Å². The summed E-state index contributed by atoms with van der Waals surface area (Å²) in [5.74, 6) is -3.09. The molecule has 0 N–H and O–H groups in total. The molecule has 0 atom stereocenters. The van der Waals surface area contributed by atoms with Crippen molar-refractivity contribution in [3.63, 3.8) is 0 Å². The molecular weight excluding hydrogens is 764 g/mol. The fraction of sp³-hybridized carbons (Fsp3) is 0.442. The van der Waals surface area contributed by atoms with Gasteiger partial charge in [0, 0.05) is 39.1 Å². The Hall–Kier alpha value is -6.68. The van der Waals surface area contributed by atoms with E-state index in [1.54, 1.807) is 48.5 Å². The Morgan fingerprint density at radius 2 is 0.746 bits per heavy atom. The van der Waals surface area contributed by atoms with Gasteiger partial charge in [0.15, 0.2) is 0 Å². The van der Waals surface area contributed by atoms with Crippen LogP contribution < -0.4 is 9.80 Å². The summed E-state index contributed by atoms with van der Waals surface area (Å²) in [6, 6.07) is 17.8. The first-order valence-electron chi connectivity index (χ1n) is 19.1. The molecule has 0 heterocycles. The molecule has 0 aliphatic rings. The van der Waals surface area contributed by atoms with E-state index in [1.807, 2.05) is 21.9 Å². The van der Waals surface area contributed by atoms with Gasteiger partial charge >= 0.3 is 35.8 Å². The van der Waals surface area contributed by atoms with Gasteiger partial charge in [-0.3, -0.25) is 19.2 Å². The SMILES string of the molecule is CC(=O)OCCN(CCOC(C)=O)c1ccc(/C=C(\C#N)C(=O)OCCCCCCCOC(=O)/C(C#N)=C/c2ccc(N(CCOC(C)=O)CCOC(C)=O)cc2)cc1. The number of rotatable bonds is 26. The molecule has 316 valence electrons. The average Bonchev–Trinajstić information content (AvgIpc) is 3.20. The number of benzene rings is 2. The van der Waals surface area contributed by atoms with Crippen molar-refractivity contribution in [2.45, 2.75) is 59.8 Å². The Balaban J connectivity index is 1.76. The lowest BCUT2D eigenvalue weighted by atomic mass is 10.1. The van der Waals surface area contributed by atoms with Crippen LogP contribution in [-0.2, 0) is 57.2 Å². The average molecular weight is 817 g/mol. The van der Waals surface area contributed by atoms with Gasteiger partial charge in [0.2, 0.25) is 0 Å². The second-order valence-corrected chi connectivity index (χ2v) is 12.9. The third-order valence-electron chi connectivity index (χ3n) is 8.24. The van der Waals surface area contributed by atoms with Crippen molar-refractivity contribution in [3.05, 3.63) is 70.8 Å². The van der Waals surface area contributed by atoms with E-state index in [1.165, 1.54) is 39.8 Å². The normalized spacial score (nSPS) is 10.9. The highest BCUT2D eigenvalue weighted by molar-refractivity contribution is 5.98. The third kappa shape index (κ3) is 20.9. The van der Waals surface area contributed by atoms with Crippen molar-refractivity contribution in [2.75, 3.05) is 75.6 Å².